The molecule has 0 radical (unpaired) electrons. The number of unbranched alkanes of at least 4 members (excludes halogenated alkanes) is 2. The van der Waals surface area contributed by atoms with Gasteiger partial charge in [-0.1, -0.05) is 145 Å². The Hall–Kier alpha value is -6.29. The summed E-state index contributed by atoms with van der Waals surface area (Å²) in [6.45, 7) is 2.12. The topological polar surface area (TPSA) is 121 Å². The molecule has 0 aliphatic carbocycles. The maximum absolute atomic E-state index is 13.9. The zero-order valence-corrected chi connectivity index (χ0v) is 36.3. The zero-order valence-electron chi connectivity index (χ0n) is 35.5. The summed E-state index contributed by atoms with van der Waals surface area (Å²) in [5, 5.41) is 15.5. The van der Waals surface area contributed by atoms with Crippen LogP contribution in [0.1, 0.15) is 77.6 Å². The standard InChI is InChI=1S/C52H51N5O5S/c1-4-5-6-16-31-63-51-56-48-49(55-46(59)32-43(37-17-10-7-11-18-37)38-19-12-8-13-20-38)53-35-54-50(48)57(51)47-33-44(58)45(62-47)34-61-52(39-21-14-9-15-22-39,40-25-23-36(2)24-26-40)41-27-29-42(60-3)30-28-41/h1,7-15,17-30,35,43-45,47,58H,5-6,16,31-34H2,2-3H3,(H,53,54,55,59)/t44-,45?,47?,52?/m1/s1. The number of fused-ring (bicyclic) bond motifs is 1. The quantitative estimate of drug-likeness (QED) is 0.0376. The van der Waals surface area contributed by atoms with Crippen molar-refractivity contribution in [1.29, 1.82) is 0 Å². The third-order valence-electron chi connectivity index (χ3n) is 11.5. The monoisotopic (exact) mass is 857 g/mol. The molecule has 1 fully saturated rings. The van der Waals surface area contributed by atoms with E-state index in [1.807, 2.05) is 108 Å². The number of terminal acetylenes is 1. The van der Waals surface area contributed by atoms with Gasteiger partial charge in [-0.15, -0.1) is 12.3 Å². The Labute approximate surface area is 373 Å². The number of rotatable bonds is 18. The number of ether oxygens (including phenoxy) is 3. The van der Waals surface area contributed by atoms with E-state index in [0.29, 0.717) is 28.6 Å². The fourth-order valence-corrected chi connectivity index (χ4v) is 9.30. The van der Waals surface area contributed by atoms with Gasteiger partial charge in [-0.3, -0.25) is 9.36 Å². The van der Waals surface area contributed by atoms with E-state index < -0.39 is 24.0 Å². The number of nitrogens with one attached hydrogen (secondary N) is 1. The lowest BCUT2D eigenvalue weighted by molar-refractivity contribution is -0.116. The molecule has 4 atom stereocenters. The van der Waals surface area contributed by atoms with E-state index in [2.05, 4.69) is 59.5 Å². The third-order valence-corrected chi connectivity index (χ3v) is 12.6. The van der Waals surface area contributed by atoms with E-state index in [1.54, 1.807) is 18.9 Å². The second-order valence-corrected chi connectivity index (χ2v) is 16.7. The Morgan fingerprint density at radius 1 is 0.889 bits per heavy atom. The van der Waals surface area contributed by atoms with E-state index in [1.165, 1.54) is 6.33 Å². The van der Waals surface area contributed by atoms with E-state index >= 15 is 0 Å². The first-order valence-corrected chi connectivity index (χ1v) is 22.3. The number of aryl methyl sites for hydroxylation is 1. The van der Waals surface area contributed by atoms with Crippen molar-refractivity contribution in [1.82, 2.24) is 19.5 Å². The zero-order chi connectivity index (χ0) is 43.6. The molecule has 7 aromatic rings. The van der Waals surface area contributed by atoms with Gasteiger partial charge < -0.3 is 24.6 Å². The van der Waals surface area contributed by atoms with Crippen LogP contribution >= 0.6 is 11.8 Å². The Morgan fingerprint density at radius 3 is 2.14 bits per heavy atom. The Morgan fingerprint density at radius 2 is 1.51 bits per heavy atom. The fraction of sp³-hybridized carbons (Fsp3) is 0.269. The highest BCUT2D eigenvalue weighted by molar-refractivity contribution is 7.99. The number of carbonyl (C=O) groups is 1. The molecule has 3 unspecified atom stereocenters. The largest absolute Gasteiger partial charge is 0.497 e. The van der Waals surface area contributed by atoms with Crippen LogP contribution in [-0.2, 0) is 19.9 Å². The van der Waals surface area contributed by atoms with Crippen LogP contribution in [0.15, 0.2) is 151 Å². The van der Waals surface area contributed by atoms with Crippen molar-refractivity contribution in [2.45, 2.75) is 74.1 Å². The van der Waals surface area contributed by atoms with Crippen LogP contribution in [0.4, 0.5) is 5.82 Å². The number of hydrogen-bond donors (Lipinski definition) is 2. The number of aliphatic hydroxyl groups is 1. The number of nitrogens with zero attached hydrogens (tertiary/aromatic N) is 4. The molecule has 2 aromatic heterocycles. The summed E-state index contributed by atoms with van der Waals surface area (Å²) >= 11 is 1.56. The summed E-state index contributed by atoms with van der Waals surface area (Å²) in [7, 11) is 1.65. The van der Waals surface area contributed by atoms with Gasteiger partial charge in [0.25, 0.3) is 0 Å². The first kappa shape index (κ1) is 43.4. The SMILES string of the molecule is C#CCCCCSc1nc2c(NC(=O)CC(c3ccccc3)c3ccccc3)ncnc2n1C1C[C@@H](O)C(COC(c2ccccc2)(c2ccc(C)cc2)c2ccc(OC)cc2)O1. The summed E-state index contributed by atoms with van der Waals surface area (Å²) in [4.78, 5) is 28.2. The van der Waals surface area contributed by atoms with Crippen molar-refractivity contribution in [3.63, 3.8) is 0 Å². The normalized spacial score (nSPS) is 17.0. The van der Waals surface area contributed by atoms with Crippen molar-refractivity contribution in [3.8, 4) is 18.1 Å². The summed E-state index contributed by atoms with van der Waals surface area (Å²) < 4.78 is 21.4. The lowest BCUT2D eigenvalue weighted by atomic mass is 9.79. The van der Waals surface area contributed by atoms with Crippen LogP contribution in [0.5, 0.6) is 5.75 Å². The molecule has 2 N–H and O–H groups in total. The van der Waals surface area contributed by atoms with Gasteiger partial charge in [-0.25, -0.2) is 15.0 Å². The van der Waals surface area contributed by atoms with Gasteiger partial charge in [0.15, 0.2) is 22.1 Å². The summed E-state index contributed by atoms with van der Waals surface area (Å²) in [5.74, 6) is 4.13. The summed E-state index contributed by atoms with van der Waals surface area (Å²) in [6, 6.07) is 46.4. The molecule has 1 amide bonds. The Balaban J connectivity index is 1.09. The molecule has 0 saturated carbocycles. The molecule has 8 rings (SSSR count). The highest BCUT2D eigenvalue weighted by atomic mass is 32.2. The lowest BCUT2D eigenvalue weighted by Gasteiger charge is -2.37. The maximum Gasteiger partial charge on any atom is 0.226 e. The molecule has 1 aliphatic rings. The van der Waals surface area contributed by atoms with Crippen molar-refractivity contribution < 1.29 is 24.1 Å². The summed E-state index contributed by atoms with van der Waals surface area (Å²) in [6.07, 6.45) is 7.66. The van der Waals surface area contributed by atoms with E-state index in [4.69, 9.17) is 30.6 Å². The van der Waals surface area contributed by atoms with Gasteiger partial charge >= 0.3 is 0 Å². The number of amides is 1. The second-order valence-electron chi connectivity index (χ2n) is 15.7. The smallest absolute Gasteiger partial charge is 0.226 e. The summed E-state index contributed by atoms with van der Waals surface area (Å²) in [5.41, 5.74) is 5.84. The van der Waals surface area contributed by atoms with Crippen molar-refractivity contribution >= 4 is 34.7 Å². The first-order chi connectivity index (χ1) is 30.9. The van der Waals surface area contributed by atoms with Crippen molar-refractivity contribution in [2.75, 3.05) is 24.8 Å². The molecular weight excluding hydrogens is 807 g/mol. The molecule has 10 nitrogen and oxygen atoms in total. The van der Waals surface area contributed by atoms with Gasteiger partial charge in [0.2, 0.25) is 5.91 Å². The van der Waals surface area contributed by atoms with E-state index in [-0.39, 0.29) is 31.3 Å². The number of benzene rings is 5. The van der Waals surface area contributed by atoms with Crippen LogP contribution in [-0.4, -0.2) is 62.2 Å². The first-order valence-electron chi connectivity index (χ1n) is 21.3. The molecule has 0 bridgehead atoms. The van der Waals surface area contributed by atoms with Crippen molar-refractivity contribution in [3.05, 3.63) is 179 Å². The predicted octanol–water partition coefficient (Wildman–Crippen LogP) is 9.86. The molecule has 63 heavy (non-hydrogen) atoms. The number of aromatic nitrogens is 4. The fourth-order valence-electron chi connectivity index (χ4n) is 8.27. The minimum atomic E-state index is -1.05. The minimum absolute atomic E-state index is 0.0634. The number of methoxy groups -OCH3 is 1. The number of anilines is 1. The minimum Gasteiger partial charge on any atom is -0.497 e. The third kappa shape index (κ3) is 9.70. The molecule has 3 heterocycles. The van der Waals surface area contributed by atoms with Gasteiger partial charge in [0, 0.05) is 30.9 Å². The second kappa shape index (κ2) is 20.3. The average molecular weight is 858 g/mol. The number of carbonyl (C=O) groups excluding carboxylic acids is 1. The molecule has 5 aromatic carbocycles. The van der Waals surface area contributed by atoms with Gasteiger partial charge in [0.05, 0.1) is 19.8 Å². The number of thioether (sulfide) groups is 1. The van der Waals surface area contributed by atoms with Crippen LogP contribution in [0.25, 0.3) is 11.2 Å². The average Bonchev–Trinajstić information content (AvgIpc) is 3.89. The molecular formula is C52H51N5O5S. The lowest BCUT2D eigenvalue weighted by Crippen LogP contribution is -2.38. The maximum atomic E-state index is 13.9. The van der Waals surface area contributed by atoms with E-state index in [0.717, 1.165) is 57.7 Å². The number of imidazole rings is 1. The number of aliphatic hydroxyl groups excluding tert-OH is 1. The van der Waals surface area contributed by atoms with Crippen molar-refractivity contribution in [2.24, 2.45) is 0 Å². The highest BCUT2D eigenvalue weighted by Gasteiger charge is 2.43. The molecule has 1 aliphatic heterocycles. The Bertz CT molecular complexity index is 2580. The van der Waals surface area contributed by atoms with Gasteiger partial charge in [0.1, 0.15) is 30.0 Å². The van der Waals surface area contributed by atoms with Crippen LogP contribution in [0, 0.1) is 19.3 Å². The van der Waals surface area contributed by atoms with Crippen LogP contribution in [0.2, 0.25) is 0 Å². The molecule has 320 valence electrons. The predicted molar refractivity (Wildman–Crippen MR) is 248 cm³/mol. The van der Waals surface area contributed by atoms with Crippen LogP contribution in [0.3, 0.4) is 0 Å². The highest BCUT2D eigenvalue weighted by Crippen LogP contribution is 2.43. The van der Waals surface area contributed by atoms with Crippen LogP contribution < -0.4 is 10.1 Å². The van der Waals surface area contributed by atoms with Gasteiger partial charge in [-0.2, -0.15) is 0 Å². The van der Waals surface area contributed by atoms with E-state index in [9.17, 15) is 9.90 Å². The molecule has 1 saturated heterocycles. The van der Waals surface area contributed by atoms with Gasteiger partial charge in [-0.05, 0) is 59.7 Å². The number of hydrogen-bond acceptors (Lipinski definition) is 9. The molecule has 11 heteroatoms. The molecule has 0 spiro atoms. The Kier molecular flexibility index (Phi) is 13.9.